The van der Waals surface area contributed by atoms with Crippen LogP contribution in [0.15, 0.2) is 36.4 Å². The van der Waals surface area contributed by atoms with Gasteiger partial charge in [-0.3, -0.25) is 9.48 Å². The van der Waals surface area contributed by atoms with E-state index < -0.39 is 0 Å². The summed E-state index contributed by atoms with van der Waals surface area (Å²) in [6.45, 7) is 11.4. The molecule has 1 aromatic heterocycles. The number of aryl methyl sites for hydroxylation is 1. The Bertz CT molecular complexity index is 746. The van der Waals surface area contributed by atoms with Gasteiger partial charge in [0.1, 0.15) is 6.10 Å². The third-order valence-electron chi connectivity index (χ3n) is 4.46. The van der Waals surface area contributed by atoms with E-state index >= 15 is 0 Å². The summed E-state index contributed by atoms with van der Waals surface area (Å²) < 4.78 is 7.97. The van der Waals surface area contributed by atoms with Crippen LogP contribution in [0.2, 0.25) is 0 Å². The zero-order valence-electron chi connectivity index (χ0n) is 15.7. The van der Waals surface area contributed by atoms with E-state index in [1.165, 1.54) is 0 Å². The molecule has 5 nitrogen and oxygen atoms in total. The second-order valence-corrected chi connectivity index (χ2v) is 7.81. The van der Waals surface area contributed by atoms with Crippen molar-refractivity contribution in [3.8, 4) is 0 Å². The Kier molecular flexibility index (Phi) is 4.69. The molecule has 0 aliphatic carbocycles. The maximum Gasteiger partial charge on any atom is 0.274 e. The number of hydrogen-bond acceptors (Lipinski definition) is 3. The molecule has 2 heterocycles. The van der Waals surface area contributed by atoms with Crippen molar-refractivity contribution in [2.45, 2.75) is 52.4 Å². The van der Waals surface area contributed by atoms with E-state index in [0.29, 0.717) is 18.8 Å². The van der Waals surface area contributed by atoms with Crippen LogP contribution in [-0.2, 0) is 10.3 Å². The van der Waals surface area contributed by atoms with Gasteiger partial charge in [0, 0.05) is 12.2 Å². The molecule has 2 atom stereocenters. The van der Waals surface area contributed by atoms with Gasteiger partial charge in [0.15, 0.2) is 5.69 Å². The maximum atomic E-state index is 13.0. The topological polar surface area (TPSA) is 47.4 Å². The van der Waals surface area contributed by atoms with Crippen LogP contribution in [0.25, 0.3) is 0 Å². The number of nitrogens with zero attached hydrogens (tertiary/aromatic N) is 3. The van der Waals surface area contributed by atoms with Gasteiger partial charge in [-0.1, -0.05) is 30.3 Å². The summed E-state index contributed by atoms with van der Waals surface area (Å²) in [6.07, 6.45) is -0.103. The summed E-state index contributed by atoms with van der Waals surface area (Å²) in [7, 11) is 0. The molecule has 0 unspecified atom stereocenters. The lowest BCUT2D eigenvalue weighted by Crippen LogP contribution is -2.46. The predicted molar refractivity (Wildman–Crippen MR) is 97.6 cm³/mol. The van der Waals surface area contributed by atoms with Crippen LogP contribution in [0.3, 0.4) is 0 Å². The molecule has 3 rings (SSSR count). The smallest absolute Gasteiger partial charge is 0.274 e. The Morgan fingerprint density at radius 2 is 1.88 bits per heavy atom. The number of carbonyl (C=O) groups excluding carboxylic acids is 1. The van der Waals surface area contributed by atoms with Crippen LogP contribution in [-0.4, -0.2) is 39.8 Å². The molecule has 0 bridgehead atoms. The monoisotopic (exact) mass is 341 g/mol. The summed E-state index contributed by atoms with van der Waals surface area (Å²) in [6, 6.07) is 12.0. The number of benzene rings is 1. The molecule has 5 heteroatoms. The number of hydrogen-bond donors (Lipinski definition) is 0. The third-order valence-corrected chi connectivity index (χ3v) is 4.46. The Morgan fingerprint density at radius 1 is 1.20 bits per heavy atom. The van der Waals surface area contributed by atoms with Crippen molar-refractivity contribution >= 4 is 5.91 Å². The molecule has 134 valence electrons. The number of aromatic nitrogens is 2. The molecule has 1 fully saturated rings. The predicted octanol–water partition coefficient (Wildman–Crippen LogP) is 3.55. The van der Waals surface area contributed by atoms with Crippen LogP contribution >= 0.6 is 0 Å². The first-order valence-electron chi connectivity index (χ1n) is 8.82. The van der Waals surface area contributed by atoms with Crippen molar-refractivity contribution in [3.05, 3.63) is 53.3 Å². The van der Waals surface area contributed by atoms with Gasteiger partial charge in [0.25, 0.3) is 5.91 Å². The van der Waals surface area contributed by atoms with Crippen LogP contribution in [0.4, 0.5) is 0 Å². The van der Waals surface area contributed by atoms with Gasteiger partial charge in [0.2, 0.25) is 0 Å². The second-order valence-electron chi connectivity index (χ2n) is 7.81. The lowest BCUT2D eigenvalue weighted by molar-refractivity contribution is -0.0693. The van der Waals surface area contributed by atoms with Crippen molar-refractivity contribution in [2.75, 3.05) is 13.1 Å². The summed E-state index contributed by atoms with van der Waals surface area (Å²) in [5.41, 5.74) is 2.46. The number of morpholine rings is 1. The van der Waals surface area contributed by atoms with Crippen LogP contribution in [0.1, 0.15) is 55.5 Å². The number of rotatable bonds is 2. The lowest BCUT2D eigenvalue weighted by Gasteiger charge is -2.36. The average Bonchev–Trinajstić information content (AvgIpc) is 2.96. The minimum absolute atomic E-state index is 0.00583. The molecule has 2 aromatic rings. The normalized spacial score (nSPS) is 21.4. The van der Waals surface area contributed by atoms with E-state index in [4.69, 9.17) is 4.74 Å². The van der Waals surface area contributed by atoms with Gasteiger partial charge >= 0.3 is 0 Å². The molecule has 1 amide bonds. The molecule has 0 radical (unpaired) electrons. The summed E-state index contributed by atoms with van der Waals surface area (Å²) >= 11 is 0. The third kappa shape index (κ3) is 3.76. The van der Waals surface area contributed by atoms with E-state index in [0.717, 1.165) is 11.3 Å². The fourth-order valence-electron chi connectivity index (χ4n) is 3.39. The van der Waals surface area contributed by atoms with Crippen molar-refractivity contribution in [1.29, 1.82) is 0 Å². The van der Waals surface area contributed by atoms with Crippen LogP contribution < -0.4 is 0 Å². The first-order valence-corrected chi connectivity index (χ1v) is 8.82. The minimum atomic E-state index is -0.145. The van der Waals surface area contributed by atoms with E-state index in [2.05, 4.69) is 25.9 Å². The van der Waals surface area contributed by atoms with Gasteiger partial charge < -0.3 is 9.64 Å². The fraction of sp³-hybridized carbons (Fsp3) is 0.500. The molecule has 0 spiro atoms. The summed E-state index contributed by atoms with van der Waals surface area (Å²) in [4.78, 5) is 14.9. The molecule has 1 aromatic carbocycles. The summed E-state index contributed by atoms with van der Waals surface area (Å²) in [5, 5.41) is 4.56. The standard InChI is InChI=1S/C20H27N3O2/c1-14-11-17(21-23(14)20(3,4)5)19(24)22-12-15(2)25-18(13-22)16-9-7-6-8-10-16/h6-11,15,18H,12-13H2,1-5H3/t15-,18-/m1/s1. The van der Waals surface area contributed by atoms with Crippen molar-refractivity contribution in [3.63, 3.8) is 0 Å². The number of amides is 1. The van der Waals surface area contributed by atoms with Gasteiger partial charge in [-0.2, -0.15) is 5.10 Å². The van der Waals surface area contributed by atoms with Crippen LogP contribution in [0.5, 0.6) is 0 Å². The first kappa shape index (κ1) is 17.7. The SMILES string of the molecule is Cc1cc(C(=O)N2C[C@@H](C)O[C@@H](c3ccccc3)C2)nn1C(C)(C)C. The maximum absolute atomic E-state index is 13.0. The zero-order valence-corrected chi connectivity index (χ0v) is 15.7. The van der Waals surface area contributed by atoms with Gasteiger partial charge in [0.05, 0.1) is 18.2 Å². The Morgan fingerprint density at radius 3 is 2.48 bits per heavy atom. The van der Waals surface area contributed by atoms with Gasteiger partial charge in [-0.15, -0.1) is 0 Å². The highest BCUT2D eigenvalue weighted by Gasteiger charge is 2.31. The largest absolute Gasteiger partial charge is 0.367 e. The second kappa shape index (κ2) is 6.64. The quantitative estimate of drug-likeness (QED) is 0.839. The molecule has 1 saturated heterocycles. The van der Waals surface area contributed by atoms with Crippen molar-refractivity contribution in [2.24, 2.45) is 0 Å². The van der Waals surface area contributed by atoms with Gasteiger partial charge in [-0.25, -0.2) is 0 Å². The highest BCUT2D eigenvalue weighted by molar-refractivity contribution is 5.92. The Hall–Kier alpha value is -2.14. The minimum Gasteiger partial charge on any atom is -0.367 e. The van der Waals surface area contributed by atoms with E-state index in [-0.39, 0.29) is 23.7 Å². The zero-order chi connectivity index (χ0) is 18.2. The van der Waals surface area contributed by atoms with Gasteiger partial charge in [-0.05, 0) is 46.2 Å². The molecule has 0 saturated carbocycles. The van der Waals surface area contributed by atoms with E-state index in [1.807, 2.05) is 59.8 Å². The Labute approximate surface area is 149 Å². The van der Waals surface area contributed by atoms with Crippen LogP contribution in [0, 0.1) is 6.92 Å². The Balaban J connectivity index is 1.82. The molecule has 0 N–H and O–H groups in total. The summed E-state index contributed by atoms with van der Waals surface area (Å²) in [5.74, 6) is -0.0258. The van der Waals surface area contributed by atoms with Crippen molar-refractivity contribution in [1.82, 2.24) is 14.7 Å². The molecular formula is C20H27N3O2. The molecule has 1 aliphatic rings. The van der Waals surface area contributed by atoms with Crippen molar-refractivity contribution < 1.29 is 9.53 Å². The fourth-order valence-corrected chi connectivity index (χ4v) is 3.39. The van der Waals surface area contributed by atoms with E-state index in [9.17, 15) is 4.79 Å². The molecule has 25 heavy (non-hydrogen) atoms. The number of ether oxygens (including phenoxy) is 1. The lowest BCUT2D eigenvalue weighted by atomic mass is 10.1. The first-order chi connectivity index (χ1) is 11.8. The highest BCUT2D eigenvalue weighted by Crippen LogP contribution is 2.26. The number of carbonyl (C=O) groups is 1. The van der Waals surface area contributed by atoms with E-state index in [1.54, 1.807) is 0 Å². The average molecular weight is 341 g/mol. The molecule has 1 aliphatic heterocycles. The molecular weight excluding hydrogens is 314 g/mol. The highest BCUT2D eigenvalue weighted by atomic mass is 16.5.